The molecule has 2 saturated heterocycles. The van der Waals surface area contributed by atoms with E-state index >= 15 is 0 Å². The molecule has 2 heterocycles. The summed E-state index contributed by atoms with van der Waals surface area (Å²) in [6.45, 7) is 0.0524. The second-order valence-corrected chi connectivity index (χ2v) is 4.75. The Hall–Kier alpha value is -2.03. The SMILES string of the molecule is CO[C@@H]1O[C@@H](COC(=O)c2ccc([N+](=O)[O-])cc2)[C@@H]2O[C@@H]12. The summed E-state index contributed by atoms with van der Waals surface area (Å²) < 4.78 is 21.0. The van der Waals surface area contributed by atoms with Crippen molar-refractivity contribution in [3.05, 3.63) is 39.9 Å². The van der Waals surface area contributed by atoms with E-state index in [1.54, 1.807) is 0 Å². The van der Waals surface area contributed by atoms with E-state index in [0.717, 1.165) is 0 Å². The maximum absolute atomic E-state index is 11.8. The van der Waals surface area contributed by atoms with E-state index in [1.165, 1.54) is 31.4 Å². The number of carbonyl (C=O) groups excluding carboxylic acids is 1. The Bertz CT molecular complexity index is 558. The van der Waals surface area contributed by atoms with Crippen molar-refractivity contribution in [3.63, 3.8) is 0 Å². The molecule has 4 atom stereocenters. The van der Waals surface area contributed by atoms with Gasteiger partial charge in [-0.05, 0) is 12.1 Å². The van der Waals surface area contributed by atoms with Crippen molar-refractivity contribution in [1.29, 1.82) is 0 Å². The van der Waals surface area contributed by atoms with Crippen LogP contribution in [0.4, 0.5) is 5.69 Å². The summed E-state index contributed by atoms with van der Waals surface area (Å²) in [5.74, 6) is -0.563. The summed E-state index contributed by atoms with van der Waals surface area (Å²) in [5.41, 5.74) is 0.165. The molecular weight excluding hydrogens is 282 g/mol. The number of hydrogen-bond acceptors (Lipinski definition) is 7. The highest BCUT2D eigenvalue weighted by atomic mass is 16.8. The summed E-state index contributed by atoms with van der Waals surface area (Å²) in [6.07, 6.45) is -0.947. The van der Waals surface area contributed by atoms with Crippen LogP contribution in [0.2, 0.25) is 0 Å². The fourth-order valence-electron chi connectivity index (χ4n) is 2.27. The molecule has 0 aliphatic carbocycles. The lowest BCUT2D eigenvalue weighted by Gasteiger charge is -2.16. The highest BCUT2D eigenvalue weighted by Crippen LogP contribution is 2.39. The number of non-ortho nitro benzene ring substituents is 1. The molecule has 0 saturated carbocycles. The predicted octanol–water partition coefficient (Wildman–Crippen LogP) is 0.890. The maximum Gasteiger partial charge on any atom is 0.338 e. The van der Waals surface area contributed by atoms with Crippen LogP contribution in [0.25, 0.3) is 0 Å². The van der Waals surface area contributed by atoms with Gasteiger partial charge in [-0.1, -0.05) is 0 Å². The fourth-order valence-corrected chi connectivity index (χ4v) is 2.27. The maximum atomic E-state index is 11.8. The number of rotatable bonds is 5. The van der Waals surface area contributed by atoms with Gasteiger partial charge in [-0.2, -0.15) is 0 Å². The Morgan fingerprint density at radius 3 is 2.57 bits per heavy atom. The van der Waals surface area contributed by atoms with Crippen LogP contribution < -0.4 is 0 Å². The largest absolute Gasteiger partial charge is 0.459 e. The molecular formula is C13H13NO7. The van der Waals surface area contributed by atoms with Gasteiger partial charge >= 0.3 is 5.97 Å². The van der Waals surface area contributed by atoms with E-state index in [2.05, 4.69) is 0 Å². The molecule has 8 heteroatoms. The van der Waals surface area contributed by atoms with Gasteiger partial charge in [0, 0.05) is 19.2 Å². The summed E-state index contributed by atoms with van der Waals surface area (Å²) in [5, 5.41) is 10.5. The number of nitro benzene ring substituents is 1. The van der Waals surface area contributed by atoms with Crippen LogP contribution in [0.1, 0.15) is 10.4 Å². The first kappa shape index (κ1) is 13.9. The first-order valence-corrected chi connectivity index (χ1v) is 6.35. The Morgan fingerprint density at radius 2 is 2.00 bits per heavy atom. The smallest absolute Gasteiger partial charge is 0.338 e. The Balaban J connectivity index is 1.54. The molecule has 8 nitrogen and oxygen atoms in total. The third-order valence-electron chi connectivity index (χ3n) is 3.43. The fraction of sp³-hybridized carbons (Fsp3) is 0.462. The number of fused-ring (bicyclic) bond motifs is 1. The first-order valence-electron chi connectivity index (χ1n) is 6.35. The average molecular weight is 295 g/mol. The standard InChI is InChI=1S/C13H13NO7/c1-18-13-11-10(21-11)9(20-13)6-19-12(15)7-2-4-8(5-3-7)14(16)17/h2-5,9-11,13H,6H2,1H3/t9-,10-,11+,13+/m0/s1. The summed E-state index contributed by atoms with van der Waals surface area (Å²) in [4.78, 5) is 21.8. The van der Waals surface area contributed by atoms with E-state index in [1.807, 2.05) is 0 Å². The number of ether oxygens (including phenoxy) is 4. The number of hydrogen-bond donors (Lipinski definition) is 0. The van der Waals surface area contributed by atoms with Crippen LogP contribution in [0.5, 0.6) is 0 Å². The molecule has 3 rings (SSSR count). The molecule has 1 aromatic rings. The first-order chi connectivity index (χ1) is 10.1. The number of nitro groups is 1. The molecule has 2 aliphatic heterocycles. The van der Waals surface area contributed by atoms with Crippen LogP contribution in [0.15, 0.2) is 24.3 Å². The van der Waals surface area contributed by atoms with Gasteiger partial charge in [0.2, 0.25) is 0 Å². The number of methoxy groups -OCH3 is 1. The molecule has 2 aliphatic rings. The van der Waals surface area contributed by atoms with E-state index in [0.29, 0.717) is 0 Å². The van der Waals surface area contributed by atoms with Crippen molar-refractivity contribution in [2.24, 2.45) is 0 Å². The third-order valence-corrected chi connectivity index (χ3v) is 3.43. The lowest BCUT2D eigenvalue weighted by molar-refractivity contribution is -0.384. The van der Waals surface area contributed by atoms with Gasteiger partial charge in [0.1, 0.15) is 24.9 Å². The molecule has 0 radical (unpaired) electrons. The number of nitrogens with zero attached hydrogens (tertiary/aromatic N) is 1. The number of epoxide rings is 1. The van der Waals surface area contributed by atoms with Crippen molar-refractivity contribution in [2.45, 2.75) is 24.6 Å². The van der Waals surface area contributed by atoms with Gasteiger partial charge in [-0.3, -0.25) is 10.1 Å². The van der Waals surface area contributed by atoms with E-state index in [4.69, 9.17) is 18.9 Å². The molecule has 2 fully saturated rings. The zero-order chi connectivity index (χ0) is 15.0. The highest BCUT2D eigenvalue weighted by Gasteiger charge is 2.58. The van der Waals surface area contributed by atoms with E-state index in [9.17, 15) is 14.9 Å². The monoisotopic (exact) mass is 295 g/mol. The molecule has 0 unspecified atom stereocenters. The number of benzene rings is 1. The lowest BCUT2D eigenvalue weighted by atomic mass is 10.2. The minimum absolute atomic E-state index is 0.0524. The Morgan fingerprint density at radius 1 is 1.29 bits per heavy atom. The normalized spacial score (nSPS) is 29.8. The Kier molecular flexibility index (Phi) is 3.58. The topological polar surface area (TPSA) is 100 Å². The summed E-state index contributed by atoms with van der Waals surface area (Å²) in [6, 6.07) is 5.21. The van der Waals surface area contributed by atoms with Crippen molar-refractivity contribution in [1.82, 2.24) is 0 Å². The van der Waals surface area contributed by atoms with Gasteiger partial charge in [0.15, 0.2) is 6.29 Å². The highest BCUT2D eigenvalue weighted by molar-refractivity contribution is 5.89. The molecule has 0 N–H and O–H groups in total. The van der Waals surface area contributed by atoms with E-state index < -0.39 is 17.2 Å². The summed E-state index contributed by atoms with van der Waals surface area (Å²) >= 11 is 0. The quantitative estimate of drug-likeness (QED) is 0.344. The molecule has 21 heavy (non-hydrogen) atoms. The predicted molar refractivity (Wildman–Crippen MR) is 67.7 cm³/mol. The minimum atomic E-state index is -0.563. The Labute approximate surface area is 119 Å². The second kappa shape index (κ2) is 5.40. The average Bonchev–Trinajstić information content (AvgIpc) is 3.21. The molecule has 0 spiro atoms. The zero-order valence-electron chi connectivity index (χ0n) is 11.1. The van der Waals surface area contributed by atoms with Crippen LogP contribution in [-0.2, 0) is 18.9 Å². The number of carbonyl (C=O) groups is 1. The second-order valence-electron chi connectivity index (χ2n) is 4.75. The van der Waals surface area contributed by atoms with Crippen LogP contribution in [-0.4, -0.2) is 49.2 Å². The van der Waals surface area contributed by atoms with Crippen molar-refractivity contribution in [2.75, 3.05) is 13.7 Å². The molecule has 0 aromatic heterocycles. The van der Waals surface area contributed by atoms with Crippen LogP contribution in [0, 0.1) is 10.1 Å². The minimum Gasteiger partial charge on any atom is -0.459 e. The summed E-state index contributed by atoms with van der Waals surface area (Å²) in [7, 11) is 1.52. The van der Waals surface area contributed by atoms with Gasteiger partial charge in [0.05, 0.1) is 10.5 Å². The van der Waals surface area contributed by atoms with Gasteiger partial charge in [-0.15, -0.1) is 0 Å². The van der Waals surface area contributed by atoms with Gasteiger partial charge in [0.25, 0.3) is 5.69 Å². The van der Waals surface area contributed by atoms with Crippen LogP contribution >= 0.6 is 0 Å². The van der Waals surface area contributed by atoms with Crippen molar-refractivity contribution >= 4 is 11.7 Å². The number of esters is 1. The van der Waals surface area contributed by atoms with Crippen LogP contribution in [0.3, 0.4) is 0 Å². The van der Waals surface area contributed by atoms with Crippen molar-refractivity contribution < 1.29 is 28.7 Å². The zero-order valence-corrected chi connectivity index (χ0v) is 11.1. The van der Waals surface area contributed by atoms with E-state index in [-0.39, 0.29) is 36.2 Å². The van der Waals surface area contributed by atoms with Gasteiger partial charge < -0.3 is 18.9 Å². The molecule has 1 aromatic carbocycles. The molecule has 112 valence electrons. The third kappa shape index (κ3) is 2.73. The lowest BCUT2D eigenvalue weighted by Crippen LogP contribution is -2.26. The van der Waals surface area contributed by atoms with Gasteiger partial charge in [-0.25, -0.2) is 4.79 Å². The van der Waals surface area contributed by atoms with Crippen molar-refractivity contribution in [3.8, 4) is 0 Å². The molecule has 0 bridgehead atoms. The molecule has 0 amide bonds.